The molecule has 5 aliphatic rings. The van der Waals surface area contributed by atoms with Crippen molar-refractivity contribution in [3.8, 4) is 61.7 Å². The average Bonchev–Trinajstić information content (AvgIpc) is 3.85. The summed E-state index contributed by atoms with van der Waals surface area (Å²) in [5, 5.41) is 17.0. The van der Waals surface area contributed by atoms with E-state index in [1.54, 1.807) is 11.1 Å². The van der Waals surface area contributed by atoms with Crippen LogP contribution in [0.15, 0.2) is 176 Å². The lowest BCUT2D eigenvalue weighted by Gasteiger charge is -2.61. The highest BCUT2D eigenvalue weighted by Crippen LogP contribution is 2.69. The first-order chi connectivity index (χ1) is 31.1. The first kappa shape index (κ1) is 35.8. The number of hydrogen-bond donors (Lipinski definition) is 0. The van der Waals surface area contributed by atoms with Crippen LogP contribution in [0.3, 0.4) is 0 Å². The molecule has 10 aromatic rings. The van der Waals surface area contributed by atoms with E-state index in [-0.39, 0.29) is 5.41 Å². The zero-order valence-electron chi connectivity index (χ0n) is 34.9. The molecule has 0 saturated heterocycles. The molecule has 1 aromatic heterocycles. The summed E-state index contributed by atoms with van der Waals surface area (Å²) in [5.41, 5.74) is 17.0. The fraction of sp³-hybridized carbons (Fsp3) is 0.164. The van der Waals surface area contributed by atoms with Crippen molar-refractivity contribution < 1.29 is 0 Å². The van der Waals surface area contributed by atoms with Crippen LogP contribution in [0.1, 0.15) is 48.8 Å². The van der Waals surface area contributed by atoms with Gasteiger partial charge in [-0.25, -0.2) is 0 Å². The lowest BCUT2D eigenvalue weighted by atomic mass is 9.43. The molecule has 1 heterocycles. The van der Waals surface area contributed by atoms with Gasteiger partial charge in [-0.1, -0.05) is 146 Å². The van der Waals surface area contributed by atoms with Gasteiger partial charge in [-0.05, 0) is 174 Å². The van der Waals surface area contributed by atoms with Crippen molar-refractivity contribution in [2.24, 2.45) is 23.7 Å². The minimum Gasteiger partial charge on any atom is -0.192 e. The maximum absolute atomic E-state index is 9.29. The number of nitrogens with zero attached hydrogens (tertiary/aromatic N) is 1. The Kier molecular flexibility index (Phi) is 7.58. The monoisotopic (exact) mass is 821 g/mol. The van der Waals surface area contributed by atoms with Crippen LogP contribution in [0.5, 0.6) is 0 Å². The van der Waals surface area contributed by atoms with Crippen LogP contribution < -0.4 is 0 Å². The van der Waals surface area contributed by atoms with Crippen molar-refractivity contribution in [2.45, 2.75) is 37.5 Å². The first-order valence-corrected chi connectivity index (χ1v) is 23.7. The van der Waals surface area contributed by atoms with E-state index < -0.39 is 0 Å². The zero-order valence-corrected chi connectivity index (χ0v) is 35.8. The smallest absolute Gasteiger partial charge is 0.0991 e. The number of benzene rings is 9. The molecule has 0 aliphatic heterocycles. The van der Waals surface area contributed by atoms with Crippen LogP contribution in [0.4, 0.5) is 0 Å². The Bertz CT molecular complexity index is 3500. The Morgan fingerprint density at radius 1 is 0.397 bits per heavy atom. The maximum atomic E-state index is 9.29. The summed E-state index contributed by atoms with van der Waals surface area (Å²) in [4.78, 5) is 0. The molecule has 1 spiro atoms. The van der Waals surface area contributed by atoms with Gasteiger partial charge in [-0.3, -0.25) is 0 Å². The van der Waals surface area contributed by atoms with Crippen LogP contribution in [0, 0.1) is 35.0 Å². The van der Waals surface area contributed by atoms with Gasteiger partial charge in [0.05, 0.1) is 11.6 Å². The van der Waals surface area contributed by atoms with Gasteiger partial charge in [-0.2, -0.15) is 5.26 Å². The lowest BCUT2D eigenvalue weighted by Crippen LogP contribution is -2.55. The molecular weight excluding hydrogens is 779 g/mol. The van der Waals surface area contributed by atoms with Crippen molar-refractivity contribution in [1.29, 1.82) is 5.26 Å². The second kappa shape index (κ2) is 13.4. The third-order valence-electron chi connectivity index (χ3n) is 16.1. The van der Waals surface area contributed by atoms with Crippen molar-refractivity contribution in [1.82, 2.24) is 0 Å². The summed E-state index contributed by atoms with van der Waals surface area (Å²) < 4.78 is 2.66. The van der Waals surface area contributed by atoms with Crippen molar-refractivity contribution >= 4 is 53.1 Å². The highest BCUT2D eigenvalue weighted by molar-refractivity contribution is 7.25. The van der Waals surface area contributed by atoms with Crippen LogP contribution in [0.25, 0.3) is 97.4 Å². The second-order valence-corrected chi connectivity index (χ2v) is 20.2. The van der Waals surface area contributed by atoms with Crippen LogP contribution in [0.2, 0.25) is 0 Å². The van der Waals surface area contributed by atoms with E-state index in [9.17, 15) is 5.26 Å². The molecule has 1 nitrogen and oxygen atoms in total. The average molecular weight is 822 g/mol. The molecule has 4 fully saturated rings. The maximum Gasteiger partial charge on any atom is 0.0991 e. The Hall–Kier alpha value is -6.79. The third kappa shape index (κ3) is 5.09. The Labute approximate surface area is 371 Å². The number of rotatable bonds is 4. The van der Waals surface area contributed by atoms with E-state index in [4.69, 9.17) is 0 Å². The molecule has 5 aliphatic carbocycles. The van der Waals surface area contributed by atoms with Crippen molar-refractivity contribution in [2.75, 3.05) is 0 Å². The summed E-state index contributed by atoms with van der Waals surface area (Å²) in [6.07, 6.45) is 7.16. The van der Waals surface area contributed by atoms with Crippen LogP contribution in [-0.2, 0) is 5.41 Å². The van der Waals surface area contributed by atoms with Gasteiger partial charge in [-0.15, -0.1) is 11.3 Å². The highest BCUT2D eigenvalue weighted by atomic mass is 32.1. The Balaban J connectivity index is 0.858. The molecular formula is C61H43NS. The molecule has 0 unspecified atom stereocenters. The number of thiophene rings is 1. The minimum atomic E-state index is 0.210. The predicted molar refractivity (Wildman–Crippen MR) is 264 cm³/mol. The summed E-state index contributed by atoms with van der Waals surface area (Å²) >= 11 is 1.92. The molecule has 2 heteroatoms. The summed E-state index contributed by atoms with van der Waals surface area (Å²) in [6.45, 7) is 0. The van der Waals surface area contributed by atoms with Gasteiger partial charge < -0.3 is 0 Å². The van der Waals surface area contributed by atoms with Gasteiger partial charge in [0.2, 0.25) is 0 Å². The van der Waals surface area contributed by atoms with Crippen LogP contribution in [-0.4, -0.2) is 0 Å². The molecule has 15 rings (SSSR count). The fourth-order valence-corrected chi connectivity index (χ4v) is 15.0. The molecule has 0 radical (unpaired) electrons. The zero-order chi connectivity index (χ0) is 41.4. The fourth-order valence-electron chi connectivity index (χ4n) is 13.8. The van der Waals surface area contributed by atoms with Gasteiger partial charge >= 0.3 is 0 Å². The highest BCUT2D eigenvalue weighted by Gasteiger charge is 2.61. The summed E-state index contributed by atoms with van der Waals surface area (Å²) in [5.74, 6) is 3.48. The standard InChI is InChI=1S/C61H43NS/c62-35-36-13-15-39(16-14-36)40-17-19-41(20-18-40)59-50-8-1-3-10-52(50)60(53-11-4-2-9-51(53)59)44-22-25-49-48-24-21-43(33-57(48)63-58(49)34-44)42-23-26-56-54(32-42)47-7-5-6-12-55(47)61(56)45-28-37-27-38(30-45)31-46(61)29-37/h1-26,32-34,37-38,45-46H,27-31H2. The van der Waals surface area contributed by atoms with Crippen molar-refractivity contribution in [3.63, 3.8) is 0 Å². The summed E-state index contributed by atoms with van der Waals surface area (Å²) in [6, 6.07) is 68.2. The van der Waals surface area contributed by atoms with E-state index in [1.165, 1.54) is 118 Å². The number of nitriles is 1. The topological polar surface area (TPSA) is 23.8 Å². The molecule has 298 valence electrons. The van der Waals surface area contributed by atoms with Gasteiger partial charge in [0, 0.05) is 25.6 Å². The van der Waals surface area contributed by atoms with Gasteiger partial charge in [0.15, 0.2) is 0 Å². The van der Waals surface area contributed by atoms with Gasteiger partial charge in [0.25, 0.3) is 0 Å². The molecule has 0 N–H and O–H groups in total. The van der Waals surface area contributed by atoms with E-state index in [2.05, 4.69) is 158 Å². The van der Waals surface area contributed by atoms with E-state index >= 15 is 0 Å². The Morgan fingerprint density at radius 3 is 1.48 bits per heavy atom. The van der Waals surface area contributed by atoms with Gasteiger partial charge in [0.1, 0.15) is 0 Å². The number of fused-ring (bicyclic) bond motifs is 8. The van der Waals surface area contributed by atoms with Crippen LogP contribution >= 0.6 is 11.3 Å². The SMILES string of the molecule is N#Cc1ccc(-c2ccc(-c3c4ccccc4c(-c4ccc5c(c4)sc4cc(-c6ccc7c(c6)-c6ccccc6C76C7CC8CC(C7)CC6C8)ccc45)c4ccccc34)cc2)cc1. The minimum absolute atomic E-state index is 0.210. The van der Waals surface area contributed by atoms with E-state index in [0.29, 0.717) is 5.56 Å². The molecule has 63 heavy (non-hydrogen) atoms. The number of hydrogen-bond acceptors (Lipinski definition) is 2. The molecule has 0 amide bonds. The Morgan fingerprint density at radius 2 is 0.857 bits per heavy atom. The quantitative estimate of drug-likeness (QED) is 0.162. The second-order valence-electron chi connectivity index (χ2n) is 19.1. The molecule has 9 aromatic carbocycles. The lowest BCUT2D eigenvalue weighted by molar-refractivity contribution is -0.0399. The van der Waals surface area contributed by atoms with Crippen molar-refractivity contribution in [3.05, 3.63) is 193 Å². The first-order valence-electron chi connectivity index (χ1n) is 22.9. The molecule has 0 atom stereocenters. The normalized spacial score (nSPS) is 21.7. The van der Waals surface area contributed by atoms with E-state index in [0.717, 1.165) is 34.8 Å². The molecule has 4 bridgehead atoms. The molecule has 4 saturated carbocycles. The summed E-state index contributed by atoms with van der Waals surface area (Å²) in [7, 11) is 0. The third-order valence-corrected chi connectivity index (χ3v) is 17.2. The van der Waals surface area contributed by atoms with E-state index in [1.807, 2.05) is 35.6 Å². The predicted octanol–water partition coefficient (Wildman–Crippen LogP) is 16.6. The largest absolute Gasteiger partial charge is 0.192 e.